The molecular formula is C32H29N3O3S. The topological polar surface area (TPSA) is 92.1 Å². The minimum atomic E-state index is -0.517. The smallest absolute Gasteiger partial charge is 0.339 e. The quantitative estimate of drug-likeness (QED) is 0.232. The number of thiophene rings is 1. The van der Waals surface area contributed by atoms with Crippen molar-refractivity contribution in [1.29, 1.82) is 5.26 Å². The van der Waals surface area contributed by atoms with E-state index in [0.717, 1.165) is 72.7 Å². The number of carbonyl (C=O) groups is 2. The van der Waals surface area contributed by atoms with Gasteiger partial charge in [0, 0.05) is 16.0 Å². The molecule has 0 bridgehead atoms. The van der Waals surface area contributed by atoms with Crippen molar-refractivity contribution < 1.29 is 14.3 Å². The van der Waals surface area contributed by atoms with Crippen LogP contribution in [0.3, 0.4) is 0 Å². The van der Waals surface area contributed by atoms with E-state index in [1.54, 1.807) is 0 Å². The molecule has 1 amide bonds. The number of aryl methyl sites for hydroxylation is 2. The molecule has 1 unspecified atom stereocenters. The summed E-state index contributed by atoms with van der Waals surface area (Å²) in [5.74, 6) is -0.670. The average molecular weight is 536 g/mol. The van der Waals surface area contributed by atoms with E-state index in [-0.39, 0.29) is 5.92 Å². The lowest BCUT2D eigenvalue weighted by Gasteiger charge is -2.26. The first-order valence-electron chi connectivity index (χ1n) is 13.6. The number of pyridine rings is 1. The van der Waals surface area contributed by atoms with Gasteiger partial charge in [-0.05, 0) is 73.6 Å². The molecule has 6 nitrogen and oxygen atoms in total. The molecule has 0 spiro atoms. The zero-order valence-electron chi connectivity index (χ0n) is 21.7. The van der Waals surface area contributed by atoms with E-state index in [2.05, 4.69) is 23.5 Å². The van der Waals surface area contributed by atoms with Gasteiger partial charge in [0.1, 0.15) is 11.1 Å². The fourth-order valence-corrected chi connectivity index (χ4v) is 7.20. The Morgan fingerprint density at radius 1 is 1.00 bits per heavy atom. The van der Waals surface area contributed by atoms with Gasteiger partial charge >= 0.3 is 5.97 Å². The number of aromatic nitrogens is 1. The summed E-state index contributed by atoms with van der Waals surface area (Å²) in [4.78, 5) is 32.5. The first kappa shape index (κ1) is 25.3. The molecule has 2 aromatic heterocycles. The summed E-state index contributed by atoms with van der Waals surface area (Å²) >= 11 is 1.47. The Labute approximate surface area is 231 Å². The van der Waals surface area contributed by atoms with Crippen molar-refractivity contribution in [2.45, 2.75) is 57.3 Å². The van der Waals surface area contributed by atoms with Crippen molar-refractivity contribution in [3.05, 3.63) is 93.0 Å². The molecular weight excluding hydrogens is 506 g/mol. The van der Waals surface area contributed by atoms with Crippen molar-refractivity contribution in [3.8, 4) is 6.07 Å². The number of nitrogens with one attached hydrogen (secondary N) is 1. The van der Waals surface area contributed by atoms with Crippen LogP contribution in [0.4, 0.5) is 5.00 Å². The van der Waals surface area contributed by atoms with E-state index in [0.29, 0.717) is 22.5 Å². The number of carbonyl (C=O) groups excluding carboxylic acids is 2. The highest BCUT2D eigenvalue weighted by atomic mass is 32.1. The molecule has 4 aromatic rings. The molecule has 0 saturated heterocycles. The minimum absolute atomic E-state index is 0.287. The van der Waals surface area contributed by atoms with Gasteiger partial charge in [-0.2, -0.15) is 5.26 Å². The van der Waals surface area contributed by atoms with Crippen molar-refractivity contribution in [3.63, 3.8) is 0 Å². The highest BCUT2D eigenvalue weighted by Gasteiger charge is 2.29. The second-order valence-corrected chi connectivity index (χ2v) is 11.4. The van der Waals surface area contributed by atoms with Crippen LogP contribution in [0.2, 0.25) is 0 Å². The summed E-state index contributed by atoms with van der Waals surface area (Å²) < 4.78 is 5.62. The summed E-state index contributed by atoms with van der Waals surface area (Å²) in [7, 11) is 0. The fraction of sp³-hybridized carbons (Fsp3) is 0.312. The van der Waals surface area contributed by atoms with Gasteiger partial charge in [0.15, 0.2) is 6.61 Å². The second kappa shape index (κ2) is 11.0. The maximum Gasteiger partial charge on any atom is 0.339 e. The number of ether oxygens (including phenoxy) is 1. The Kier molecular flexibility index (Phi) is 7.12. The molecule has 0 radical (unpaired) electrons. The SMILES string of the molecule is N#Cc1c(NC(=O)COC(=O)c2c3c(nc4ccccc24)CCC(c2ccccc2)C3)sc2c1CCCCC2. The molecule has 0 aliphatic heterocycles. The molecule has 39 heavy (non-hydrogen) atoms. The number of anilines is 1. The maximum absolute atomic E-state index is 13.6. The van der Waals surface area contributed by atoms with Crippen LogP contribution in [-0.2, 0) is 35.2 Å². The van der Waals surface area contributed by atoms with Gasteiger partial charge in [0.2, 0.25) is 0 Å². The van der Waals surface area contributed by atoms with Crippen molar-refractivity contribution in [2.75, 3.05) is 11.9 Å². The van der Waals surface area contributed by atoms with Crippen molar-refractivity contribution in [1.82, 2.24) is 4.98 Å². The Balaban J connectivity index is 1.24. The Hall–Kier alpha value is -4.02. The number of hydrogen-bond donors (Lipinski definition) is 1. The summed E-state index contributed by atoms with van der Waals surface area (Å²) in [6.45, 7) is -0.417. The van der Waals surface area contributed by atoms with Gasteiger partial charge in [0.25, 0.3) is 5.91 Å². The van der Waals surface area contributed by atoms with E-state index in [1.807, 2.05) is 42.5 Å². The number of esters is 1. The third-order valence-corrected chi connectivity index (χ3v) is 9.06. The summed E-state index contributed by atoms with van der Waals surface area (Å²) in [6.07, 6.45) is 7.54. The Morgan fingerprint density at radius 3 is 2.64 bits per heavy atom. The van der Waals surface area contributed by atoms with E-state index in [1.165, 1.54) is 21.8 Å². The number of benzene rings is 2. The number of para-hydroxylation sites is 1. The second-order valence-electron chi connectivity index (χ2n) is 10.3. The molecule has 6 rings (SSSR count). The fourth-order valence-electron chi connectivity index (χ4n) is 5.95. The number of fused-ring (bicyclic) bond motifs is 3. The van der Waals surface area contributed by atoms with Gasteiger partial charge in [-0.15, -0.1) is 11.3 Å². The number of nitrogens with zero attached hydrogens (tertiary/aromatic N) is 2. The van der Waals surface area contributed by atoms with E-state index >= 15 is 0 Å². The van der Waals surface area contributed by atoms with Crippen LogP contribution in [-0.4, -0.2) is 23.5 Å². The average Bonchev–Trinajstić information content (AvgIpc) is 3.12. The summed E-state index contributed by atoms with van der Waals surface area (Å²) in [5.41, 5.74) is 5.96. The maximum atomic E-state index is 13.6. The monoisotopic (exact) mass is 535 g/mol. The normalized spacial score (nSPS) is 16.4. The number of hydrogen-bond acceptors (Lipinski definition) is 6. The van der Waals surface area contributed by atoms with Crippen LogP contribution in [0.5, 0.6) is 0 Å². The summed E-state index contributed by atoms with van der Waals surface area (Å²) in [5, 5.41) is 13.9. The van der Waals surface area contributed by atoms with Crippen molar-refractivity contribution in [2.24, 2.45) is 0 Å². The van der Waals surface area contributed by atoms with E-state index in [4.69, 9.17) is 9.72 Å². The lowest BCUT2D eigenvalue weighted by Crippen LogP contribution is -2.23. The largest absolute Gasteiger partial charge is 0.452 e. The molecule has 2 heterocycles. The molecule has 1 atom stereocenters. The van der Waals surface area contributed by atoms with Crippen LogP contribution in [0.1, 0.15) is 74.8 Å². The van der Waals surface area contributed by atoms with Gasteiger partial charge in [-0.1, -0.05) is 55.0 Å². The zero-order chi connectivity index (χ0) is 26.8. The van der Waals surface area contributed by atoms with E-state index in [9.17, 15) is 14.9 Å². The number of amides is 1. The molecule has 7 heteroatoms. The molecule has 0 fully saturated rings. The molecule has 196 valence electrons. The molecule has 1 N–H and O–H groups in total. The first-order valence-corrected chi connectivity index (χ1v) is 14.4. The van der Waals surface area contributed by atoms with Gasteiger partial charge in [0.05, 0.1) is 16.6 Å². The molecule has 0 saturated carbocycles. The number of nitriles is 1. The van der Waals surface area contributed by atoms with E-state index < -0.39 is 18.5 Å². The lowest BCUT2D eigenvalue weighted by atomic mass is 9.80. The van der Waals surface area contributed by atoms with Gasteiger partial charge in [-0.3, -0.25) is 9.78 Å². The molecule has 2 aromatic carbocycles. The highest BCUT2D eigenvalue weighted by molar-refractivity contribution is 7.16. The van der Waals surface area contributed by atoms with Gasteiger partial charge in [-0.25, -0.2) is 4.79 Å². The van der Waals surface area contributed by atoms with Crippen LogP contribution >= 0.6 is 11.3 Å². The van der Waals surface area contributed by atoms with Crippen LogP contribution in [0.25, 0.3) is 10.9 Å². The van der Waals surface area contributed by atoms with Crippen LogP contribution < -0.4 is 5.32 Å². The predicted molar refractivity (Wildman–Crippen MR) is 152 cm³/mol. The summed E-state index contributed by atoms with van der Waals surface area (Å²) in [6, 6.07) is 20.2. The Morgan fingerprint density at radius 2 is 1.79 bits per heavy atom. The first-order chi connectivity index (χ1) is 19.1. The third kappa shape index (κ3) is 5.05. The zero-order valence-corrected chi connectivity index (χ0v) is 22.5. The van der Waals surface area contributed by atoms with Crippen LogP contribution in [0.15, 0.2) is 54.6 Å². The standard InChI is InChI=1S/C32H29N3O3S/c33-18-25-22-11-5-2-6-14-28(22)39-31(25)35-29(36)19-38-32(37)30-23-12-7-8-13-26(23)34-27-16-15-21(17-24(27)30)20-9-3-1-4-10-20/h1,3-4,7-10,12-13,21H,2,5-6,11,14-17,19H2,(H,35,36). The third-order valence-electron chi connectivity index (χ3n) is 7.85. The predicted octanol–water partition coefficient (Wildman–Crippen LogP) is 6.50. The Bertz CT molecular complexity index is 1600. The van der Waals surface area contributed by atoms with Gasteiger partial charge < -0.3 is 10.1 Å². The molecule has 2 aliphatic rings. The lowest BCUT2D eigenvalue weighted by molar-refractivity contribution is -0.119. The highest BCUT2D eigenvalue weighted by Crippen LogP contribution is 2.38. The minimum Gasteiger partial charge on any atom is -0.452 e. The molecule has 2 aliphatic carbocycles. The van der Waals surface area contributed by atoms with Crippen molar-refractivity contribution >= 4 is 39.1 Å². The number of rotatable bonds is 5. The van der Waals surface area contributed by atoms with Crippen LogP contribution in [0, 0.1) is 11.3 Å².